The fourth-order valence-corrected chi connectivity index (χ4v) is 3.56. The van der Waals surface area contributed by atoms with Gasteiger partial charge in [0.2, 0.25) is 0 Å². The SMILES string of the molecule is CSc1cc2c(=O)n(CC(=O)C[C@@H]3NCCC[C@H]3O)cnc2cc1F. The summed E-state index contributed by atoms with van der Waals surface area (Å²) >= 11 is 1.21. The normalized spacial score (nSPS) is 20.8. The van der Waals surface area contributed by atoms with Crippen LogP contribution < -0.4 is 10.9 Å². The minimum absolute atomic E-state index is 0.112. The van der Waals surface area contributed by atoms with Crippen LogP contribution in [0.2, 0.25) is 0 Å². The highest BCUT2D eigenvalue weighted by molar-refractivity contribution is 7.98. The van der Waals surface area contributed by atoms with Crippen molar-refractivity contribution in [2.24, 2.45) is 0 Å². The zero-order valence-corrected chi connectivity index (χ0v) is 14.7. The highest BCUT2D eigenvalue weighted by Crippen LogP contribution is 2.22. The van der Waals surface area contributed by atoms with Crippen LogP contribution in [0, 0.1) is 5.82 Å². The summed E-state index contributed by atoms with van der Waals surface area (Å²) < 4.78 is 15.0. The molecule has 2 heterocycles. The number of ketones is 1. The van der Waals surface area contributed by atoms with Crippen LogP contribution in [0.1, 0.15) is 19.3 Å². The Morgan fingerprint density at radius 3 is 3.04 bits per heavy atom. The van der Waals surface area contributed by atoms with E-state index in [4.69, 9.17) is 0 Å². The molecule has 0 unspecified atom stereocenters. The van der Waals surface area contributed by atoms with Crippen LogP contribution in [0.15, 0.2) is 28.2 Å². The van der Waals surface area contributed by atoms with Crippen molar-refractivity contribution in [2.75, 3.05) is 12.8 Å². The molecule has 6 nitrogen and oxygen atoms in total. The molecule has 0 radical (unpaired) electrons. The number of halogens is 1. The van der Waals surface area contributed by atoms with Crippen molar-refractivity contribution in [1.82, 2.24) is 14.9 Å². The van der Waals surface area contributed by atoms with Gasteiger partial charge in [0.1, 0.15) is 5.82 Å². The number of aliphatic hydroxyl groups excluding tert-OH is 1. The quantitative estimate of drug-likeness (QED) is 0.778. The number of hydrogen-bond donors (Lipinski definition) is 2. The smallest absolute Gasteiger partial charge is 0.261 e. The first-order valence-corrected chi connectivity index (χ1v) is 9.38. The van der Waals surface area contributed by atoms with Gasteiger partial charge in [-0.05, 0) is 31.7 Å². The molecule has 1 saturated heterocycles. The van der Waals surface area contributed by atoms with E-state index in [2.05, 4.69) is 10.3 Å². The fraction of sp³-hybridized carbons (Fsp3) is 0.471. The number of hydrogen-bond acceptors (Lipinski definition) is 6. The number of thioether (sulfide) groups is 1. The molecule has 0 spiro atoms. The monoisotopic (exact) mass is 365 g/mol. The summed E-state index contributed by atoms with van der Waals surface area (Å²) in [5, 5.41) is 13.4. The predicted molar refractivity (Wildman–Crippen MR) is 94.4 cm³/mol. The van der Waals surface area contributed by atoms with Gasteiger partial charge in [-0.1, -0.05) is 0 Å². The zero-order chi connectivity index (χ0) is 18.0. The van der Waals surface area contributed by atoms with Crippen LogP contribution in [0.4, 0.5) is 4.39 Å². The number of piperidine rings is 1. The van der Waals surface area contributed by atoms with Crippen LogP contribution in [-0.2, 0) is 11.3 Å². The summed E-state index contributed by atoms with van der Waals surface area (Å²) in [6.07, 6.45) is 4.16. The maximum absolute atomic E-state index is 13.8. The Morgan fingerprint density at radius 1 is 1.52 bits per heavy atom. The molecule has 0 saturated carbocycles. The van der Waals surface area contributed by atoms with Crippen molar-refractivity contribution >= 4 is 28.4 Å². The number of nitrogens with one attached hydrogen (secondary N) is 1. The molecule has 8 heteroatoms. The number of nitrogens with zero attached hydrogens (tertiary/aromatic N) is 2. The van der Waals surface area contributed by atoms with Crippen LogP contribution in [0.25, 0.3) is 10.9 Å². The van der Waals surface area contributed by atoms with Crippen LogP contribution in [0.5, 0.6) is 0 Å². The first-order valence-electron chi connectivity index (χ1n) is 8.15. The Hall–Kier alpha value is -1.77. The number of carbonyl (C=O) groups excluding carboxylic acids is 1. The molecule has 3 rings (SSSR count). The molecule has 1 fully saturated rings. The molecule has 1 aliphatic rings. The molecular weight excluding hydrogens is 345 g/mol. The van der Waals surface area contributed by atoms with Crippen molar-refractivity contribution in [3.8, 4) is 0 Å². The van der Waals surface area contributed by atoms with Crippen molar-refractivity contribution < 1.29 is 14.3 Å². The van der Waals surface area contributed by atoms with Gasteiger partial charge >= 0.3 is 0 Å². The molecule has 0 amide bonds. The van der Waals surface area contributed by atoms with Gasteiger partial charge in [-0.15, -0.1) is 11.8 Å². The van der Waals surface area contributed by atoms with E-state index < -0.39 is 11.9 Å². The summed E-state index contributed by atoms with van der Waals surface area (Å²) in [5.41, 5.74) is -0.0980. The van der Waals surface area contributed by atoms with Crippen molar-refractivity contribution in [2.45, 2.75) is 42.8 Å². The van der Waals surface area contributed by atoms with E-state index in [0.29, 0.717) is 11.3 Å². The minimum atomic E-state index is -0.545. The summed E-state index contributed by atoms with van der Waals surface area (Å²) in [6.45, 7) is 0.661. The molecule has 1 aliphatic heterocycles. The minimum Gasteiger partial charge on any atom is -0.391 e. The highest BCUT2D eigenvalue weighted by atomic mass is 32.2. The van der Waals surface area contributed by atoms with Gasteiger partial charge in [-0.25, -0.2) is 9.37 Å². The van der Waals surface area contributed by atoms with E-state index in [0.717, 1.165) is 13.0 Å². The third-order valence-electron chi connectivity index (χ3n) is 4.44. The van der Waals surface area contributed by atoms with E-state index >= 15 is 0 Å². The fourth-order valence-electron chi connectivity index (χ4n) is 3.07. The Morgan fingerprint density at radius 2 is 2.32 bits per heavy atom. The van der Waals surface area contributed by atoms with Gasteiger partial charge in [-0.2, -0.15) is 0 Å². The van der Waals surface area contributed by atoms with Gasteiger partial charge < -0.3 is 10.4 Å². The van der Waals surface area contributed by atoms with Crippen molar-refractivity contribution in [3.05, 3.63) is 34.6 Å². The van der Waals surface area contributed by atoms with Crippen LogP contribution in [-0.4, -0.2) is 45.4 Å². The third kappa shape index (κ3) is 3.91. The summed E-state index contributed by atoms with van der Waals surface area (Å²) in [6, 6.07) is 2.43. The summed E-state index contributed by atoms with van der Waals surface area (Å²) in [4.78, 5) is 29.3. The number of benzene rings is 1. The number of Topliss-reactive ketones (excluding diaryl/α,β-unsaturated/α-hetero) is 1. The van der Waals surface area contributed by atoms with Crippen LogP contribution in [0.3, 0.4) is 0 Å². The molecule has 0 aliphatic carbocycles. The average molecular weight is 365 g/mol. The second-order valence-electron chi connectivity index (χ2n) is 6.19. The van der Waals surface area contributed by atoms with Crippen molar-refractivity contribution in [3.63, 3.8) is 0 Å². The summed E-state index contributed by atoms with van der Waals surface area (Å²) in [5.74, 6) is -0.577. The lowest BCUT2D eigenvalue weighted by atomic mass is 9.97. The molecule has 25 heavy (non-hydrogen) atoms. The molecule has 2 atom stereocenters. The lowest BCUT2D eigenvalue weighted by Crippen LogP contribution is -2.46. The second kappa shape index (κ2) is 7.63. The predicted octanol–water partition coefficient (Wildman–Crippen LogP) is 1.33. The van der Waals surface area contributed by atoms with E-state index in [1.165, 1.54) is 34.8 Å². The Labute approximate surface area is 148 Å². The largest absolute Gasteiger partial charge is 0.391 e. The lowest BCUT2D eigenvalue weighted by molar-refractivity contribution is -0.121. The molecule has 2 N–H and O–H groups in total. The number of carbonyl (C=O) groups is 1. The second-order valence-corrected chi connectivity index (χ2v) is 7.04. The Balaban J connectivity index is 1.81. The van der Waals surface area contributed by atoms with Gasteiger partial charge in [-0.3, -0.25) is 14.2 Å². The van der Waals surface area contributed by atoms with Crippen LogP contribution >= 0.6 is 11.8 Å². The number of rotatable bonds is 5. The standard InChI is InChI=1S/C17H20FN3O3S/c1-25-16-6-11-13(7-12(16)18)20-9-21(17(11)24)8-10(22)5-14-15(23)3-2-4-19-14/h6-7,9,14-15,19,23H,2-5,8H2,1H3/t14-,15+/m0/s1. The third-order valence-corrected chi connectivity index (χ3v) is 5.19. The molecule has 134 valence electrons. The Bertz CT molecular complexity index is 855. The van der Waals surface area contributed by atoms with E-state index in [9.17, 15) is 19.1 Å². The molecule has 2 aromatic rings. The molecular formula is C17H20FN3O3S. The van der Waals surface area contributed by atoms with Gasteiger partial charge in [0.15, 0.2) is 5.78 Å². The Kier molecular flexibility index (Phi) is 5.51. The average Bonchev–Trinajstić information content (AvgIpc) is 2.59. The first kappa shape index (κ1) is 18.0. The molecule has 1 aromatic carbocycles. The van der Waals surface area contributed by atoms with Gasteiger partial charge in [0, 0.05) is 23.4 Å². The molecule has 0 bridgehead atoms. The molecule has 1 aromatic heterocycles. The number of fused-ring (bicyclic) bond motifs is 1. The summed E-state index contributed by atoms with van der Waals surface area (Å²) in [7, 11) is 0. The van der Waals surface area contributed by atoms with Crippen molar-refractivity contribution in [1.29, 1.82) is 0 Å². The van der Waals surface area contributed by atoms with Gasteiger partial charge in [0.25, 0.3) is 5.56 Å². The van der Waals surface area contributed by atoms with E-state index in [1.54, 1.807) is 6.26 Å². The number of aromatic nitrogens is 2. The highest BCUT2D eigenvalue weighted by Gasteiger charge is 2.25. The lowest BCUT2D eigenvalue weighted by Gasteiger charge is -2.28. The number of aliphatic hydroxyl groups is 1. The maximum Gasteiger partial charge on any atom is 0.261 e. The van der Waals surface area contributed by atoms with E-state index in [1.807, 2.05) is 0 Å². The van der Waals surface area contributed by atoms with E-state index in [-0.39, 0.29) is 41.3 Å². The maximum atomic E-state index is 13.8. The zero-order valence-electron chi connectivity index (χ0n) is 13.9. The topological polar surface area (TPSA) is 84.2 Å². The van der Waals surface area contributed by atoms with Gasteiger partial charge in [0.05, 0.1) is 29.9 Å². The first-order chi connectivity index (χ1) is 12.0.